The zero-order chi connectivity index (χ0) is 17.7. The van der Waals surface area contributed by atoms with Gasteiger partial charge in [-0.3, -0.25) is 4.79 Å². The Balaban J connectivity index is 2.14. The molecule has 7 heteroatoms. The van der Waals surface area contributed by atoms with E-state index in [9.17, 15) is 14.4 Å². The van der Waals surface area contributed by atoms with E-state index < -0.39 is 23.9 Å². The van der Waals surface area contributed by atoms with Gasteiger partial charge in [-0.15, -0.1) is 0 Å². The molecule has 126 valence electrons. The molecule has 0 aliphatic carbocycles. The summed E-state index contributed by atoms with van der Waals surface area (Å²) >= 11 is 0. The van der Waals surface area contributed by atoms with Crippen molar-refractivity contribution in [1.82, 2.24) is 0 Å². The van der Waals surface area contributed by atoms with Gasteiger partial charge in [0.15, 0.2) is 11.9 Å². The number of esters is 2. The van der Waals surface area contributed by atoms with Gasteiger partial charge in [-0.2, -0.15) is 0 Å². The van der Waals surface area contributed by atoms with E-state index in [0.29, 0.717) is 5.69 Å². The van der Waals surface area contributed by atoms with Gasteiger partial charge in [0.1, 0.15) is 0 Å². The first-order chi connectivity index (χ1) is 11.4. The Morgan fingerprint density at radius 1 is 1.21 bits per heavy atom. The molecular formula is C17H17NO6. The molecule has 1 amide bonds. The van der Waals surface area contributed by atoms with E-state index in [2.05, 4.69) is 10.1 Å². The second-order valence-electron chi connectivity index (χ2n) is 5.03. The number of carbonyl (C=O) groups is 3. The molecule has 1 atom stereocenters. The molecule has 7 nitrogen and oxygen atoms in total. The molecular weight excluding hydrogens is 314 g/mol. The molecule has 0 fully saturated rings. The standard InChI is InChI=1S/C17H17NO6/c1-10-6-7-12(17(21)24-11(2)16(20)22-3)9-13(10)18-15(19)14-5-4-8-23-14/h4-9,11H,1-3H3,(H,18,19)/t11-/m0/s1. The lowest BCUT2D eigenvalue weighted by molar-refractivity contribution is -0.149. The lowest BCUT2D eigenvalue weighted by Gasteiger charge is -2.13. The number of rotatable bonds is 5. The first kappa shape index (κ1) is 17.3. The van der Waals surface area contributed by atoms with Gasteiger partial charge in [-0.1, -0.05) is 6.07 Å². The molecule has 24 heavy (non-hydrogen) atoms. The molecule has 0 spiro atoms. The van der Waals surface area contributed by atoms with Crippen LogP contribution in [0.2, 0.25) is 0 Å². The van der Waals surface area contributed by atoms with Gasteiger partial charge in [0.2, 0.25) is 0 Å². The van der Waals surface area contributed by atoms with Crippen LogP contribution < -0.4 is 5.32 Å². The highest BCUT2D eigenvalue weighted by Gasteiger charge is 2.20. The number of benzene rings is 1. The Morgan fingerprint density at radius 2 is 1.96 bits per heavy atom. The third-order valence-corrected chi connectivity index (χ3v) is 3.28. The SMILES string of the molecule is COC(=O)[C@H](C)OC(=O)c1ccc(C)c(NC(=O)c2ccco2)c1. The Labute approximate surface area is 138 Å². The van der Waals surface area contributed by atoms with Crippen molar-refractivity contribution in [2.75, 3.05) is 12.4 Å². The summed E-state index contributed by atoms with van der Waals surface area (Å²) in [7, 11) is 1.21. The Bertz CT molecular complexity index is 750. The normalized spacial score (nSPS) is 11.5. The van der Waals surface area contributed by atoms with E-state index in [1.165, 1.54) is 32.4 Å². The van der Waals surface area contributed by atoms with Gasteiger partial charge < -0.3 is 19.2 Å². The summed E-state index contributed by atoms with van der Waals surface area (Å²) < 4.78 is 14.5. The van der Waals surface area contributed by atoms with E-state index in [4.69, 9.17) is 9.15 Å². The number of amides is 1. The summed E-state index contributed by atoms with van der Waals surface area (Å²) in [5.74, 6) is -1.62. The zero-order valence-electron chi connectivity index (χ0n) is 13.5. The predicted molar refractivity (Wildman–Crippen MR) is 84.7 cm³/mol. The molecule has 0 saturated carbocycles. The number of furan rings is 1. The highest BCUT2D eigenvalue weighted by atomic mass is 16.6. The lowest BCUT2D eigenvalue weighted by Crippen LogP contribution is -2.25. The van der Waals surface area contributed by atoms with Crippen LogP contribution in [0.15, 0.2) is 41.0 Å². The fraction of sp³-hybridized carbons (Fsp3) is 0.235. The van der Waals surface area contributed by atoms with Crippen LogP contribution in [0.4, 0.5) is 5.69 Å². The quantitative estimate of drug-likeness (QED) is 0.846. The summed E-state index contributed by atoms with van der Waals surface area (Å²) in [6, 6.07) is 7.81. The summed E-state index contributed by atoms with van der Waals surface area (Å²) in [4.78, 5) is 35.4. The summed E-state index contributed by atoms with van der Waals surface area (Å²) in [6.45, 7) is 3.20. The maximum Gasteiger partial charge on any atom is 0.346 e. The van der Waals surface area contributed by atoms with Gasteiger partial charge in [0, 0.05) is 5.69 Å². The van der Waals surface area contributed by atoms with Crippen LogP contribution in [-0.2, 0) is 14.3 Å². The molecule has 1 N–H and O–H groups in total. The van der Waals surface area contributed by atoms with Crippen molar-refractivity contribution >= 4 is 23.5 Å². The van der Waals surface area contributed by atoms with E-state index in [-0.39, 0.29) is 11.3 Å². The zero-order valence-corrected chi connectivity index (χ0v) is 13.5. The fourth-order valence-electron chi connectivity index (χ4n) is 1.92. The number of hydrogen-bond donors (Lipinski definition) is 1. The Morgan fingerprint density at radius 3 is 2.58 bits per heavy atom. The van der Waals surface area contributed by atoms with Crippen LogP contribution in [0.1, 0.15) is 33.4 Å². The first-order valence-corrected chi connectivity index (χ1v) is 7.16. The maximum atomic E-state index is 12.1. The molecule has 0 aliphatic heterocycles. The predicted octanol–water partition coefficient (Wildman–Crippen LogP) is 2.56. The van der Waals surface area contributed by atoms with Crippen LogP contribution in [0.25, 0.3) is 0 Å². The highest BCUT2D eigenvalue weighted by Crippen LogP contribution is 2.19. The van der Waals surface area contributed by atoms with Gasteiger partial charge >= 0.3 is 11.9 Å². The van der Waals surface area contributed by atoms with Gasteiger partial charge in [0.25, 0.3) is 5.91 Å². The number of hydrogen-bond acceptors (Lipinski definition) is 6. The van der Waals surface area contributed by atoms with Crippen molar-refractivity contribution < 1.29 is 28.3 Å². The Hall–Kier alpha value is -3.09. The van der Waals surface area contributed by atoms with Crippen molar-refractivity contribution in [1.29, 1.82) is 0 Å². The monoisotopic (exact) mass is 331 g/mol. The fourth-order valence-corrected chi connectivity index (χ4v) is 1.92. The minimum atomic E-state index is -1.02. The van der Waals surface area contributed by atoms with Crippen LogP contribution in [0.5, 0.6) is 0 Å². The molecule has 0 bridgehead atoms. The topological polar surface area (TPSA) is 94.8 Å². The number of nitrogens with one attached hydrogen (secondary N) is 1. The van der Waals surface area contributed by atoms with Gasteiger partial charge in [-0.25, -0.2) is 9.59 Å². The molecule has 0 saturated heterocycles. The average molecular weight is 331 g/mol. The third kappa shape index (κ3) is 4.01. The second kappa shape index (κ2) is 7.45. The molecule has 1 aromatic carbocycles. The molecule has 0 radical (unpaired) electrons. The average Bonchev–Trinajstić information content (AvgIpc) is 3.10. The number of aryl methyl sites for hydroxylation is 1. The number of carbonyl (C=O) groups excluding carboxylic acids is 3. The molecule has 1 aromatic heterocycles. The summed E-state index contributed by atoms with van der Waals surface area (Å²) in [5.41, 5.74) is 1.40. The van der Waals surface area contributed by atoms with Crippen LogP contribution in [0.3, 0.4) is 0 Å². The number of ether oxygens (including phenoxy) is 2. The van der Waals surface area contributed by atoms with Gasteiger partial charge in [0.05, 0.1) is 18.9 Å². The largest absolute Gasteiger partial charge is 0.466 e. The van der Waals surface area contributed by atoms with E-state index >= 15 is 0 Å². The summed E-state index contributed by atoms with van der Waals surface area (Å²) in [5, 5.41) is 2.66. The maximum absolute atomic E-state index is 12.1. The van der Waals surface area contributed by atoms with Crippen LogP contribution in [-0.4, -0.2) is 31.1 Å². The van der Waals surface area contributed by atoms with E-state index in [0.717, 1.165) is 5.56 Å². The molecule has 2 aromatic rings. The Kier molecular flexibility index (Phi) is 5.36. The van der Waals surface area contributed by atoms with Crippen molar-refractivity contribution in [2.24, 2.45) is 0 Å². The van der Waals surface area contributed by atoms with Crippen LogP contribution >= 0.6 is 0 Å². The molecule has 0 aliphatic rings. The minimum absolute atomic E-state index is 0.154. The smallest absolute Gasteiger partial charge is 0.346 e. The van der Waals surface area contributed by atoms with Crippen molar-refractivity contribution in [3.05, 3.63) is 53.5 Å². The van der Waals surface area contributed by atoms with Gasteiger partial charge in [-0.05, 0) is 43.7 Å². The minimum Gasteiger partial charge on any atom is -0.466 e. The second-order valence-corrected chi connectivity index (χ2v) is 5.03. The first-order valence-electron chi connectivity index (χ1n) is 7.16. The summed E-state index contributed by atoms with van der Waals surface area (Å²) in [6.07, 6.45) is 0.369. The van der Waals surface area contributed by atoms with E-state index in [1.54, 1.807) is 25.1 Å². The highest BCUT2D eigenvalue weighted by molar-refractivity contribution is 6.03. The van der Waals surface area contributed by atoms with Crippen molar-refractivity contribution in [3.8, 4) is 0 Å². The van der Waals surface area contributed by atoms with Crippen LogP contribution in [0, 0.1) is 6.92 Å². The third-order valence-electron chi connectivity index (χ3n) is 3.28. The van der Waals surface area contributed by atoms with E-state index in [1.807, 2.05) is 0 Å². The molecule has 1 heterocycles. The van der Waals surface area contributed by atoms with Crippen molar-refractivity contribution in [2.45, 2.75) is 20.0 Å². The molecule has 2 rings (SSSR count). The number of anilines is 1. The number of methoxy groups -OCH3 is 1. The van der Waals surface area contributed by atoms with Crippen molar-refractivity contribution in [3.63, 3.8) is 0 Å². The molecule has 0 unspecified atom stereocenters. The lowest BCUT2D eigenvalue weighted by atomic mass is 10.1.